The van der Waals surface area contributed by atoms with Crippen molar-refractivity contribution in [1.29, 1.82) is 0 Å². The standard InChI is InChI=1S/C19H33NO3/c1-5-6-7-8-9-10-11-14(2)12-13-16(21)17-18(22)15(3)20(4)19(17)23/h14-15,22H,5-13H2,1-4H3. The van der Waals surface area contributed by atoms with E-state index in [4.69, 9.17) is 0 Å². The second-order valence-corrected chi connectivity index (χ2v) is 6.98. The maximum Gasteiger partial charge on any atom is 0.261 e. The predicted octanol–water partition coefficient (Wildman–Crippen LogP) is 4.40. The highest BCUT2D eigenvalue weighted by molar-refractivity contribution is 6.21. The molecule has 1 aliphatic heterocycles. The summed E-state index contributed by atoms with van der Waals surface area (Å²) in [5.41, 5.74) is 0.00626. The van der Waals surface area contributed by atoms with E-state index in [1.54, 1.807) is 14.0 Å². The summed E-state index contributed by atoms with van der Waals surface area (Å²) >= 11 is 0. The summed E-state index contributed by atoms with van der Waals surface area (Å²) in [7, 11) is 1.62. The molecule has 0 spiro atoms. The minimum Gasteiger partial charge on any atom is -0.509 e. The molecule has 1 heterocycles. The van der Waals surface area contributed by atoms with E-state index in [-0.39, 0.29) is 29.1 Å². The molecule has 2 unspecified atom stereocenters. The minimum atomic E-state index is -0.387. The first-order chi connectivity index (χ1) is 10.9. The van der Waals surface area contributed by atoms with E-state index in [1.807, 2.05) is 0 Å². The first kappa shape index (κ1) is 19.7. The lowest BCUT2D eigenvalue weighted by molar-refractivity contribution is -0.128. The van der Waals surface area contributed by atoms with Crippen molar-refractivity contribution in [3.63, 3.8) is 0 Å². The van der Waals surface area contributed by atoms with Crippen LogP contribution in [0.25, 0.3) is 0 Å². The Hall–Kier alpha value is -1.32. The molecular weight excluding hydrogens is 290 g/mol. The molecule has 23 heavy (non-hydrogen) atoms. The Labute approximate surface area is 140 Å². The summed E-state index contributed by atoms with van der Waals surface area (Å²) in [6, 6.07) is -0.387. The van der Waals surface area contributed by atoms with Gasteiger partial charge in [0, 0.05) is 13.5 Å². The number of hydrogen-bond acceptors (Lipinski definition) is 3. The molecule has 0 fully saturated rings. The maximum absolute atomic E-state index is 12.2. The molecule has 4 nitrogen and oxygen atoms in total. The summed E-state index contributed by atoms with van der Waals surface area (Å²) in [5, 5.41) is 9.97. The number of amides is 1. The van der Waals surface area contributed by atoms with Gasteiger partial charge in [0.15, 0.2) is 5.78 Å². The fourth-order valence-corrected chi connectivity index (χ4v) is 3.04. The molecule has 1 aliphatic rings. The Bertz CT molecular complexity index is 442. The second-order valence-electron chi connectivity index (χ2n) is 6.98. The number of hydrogen-bond donors (Lipinski definition) is 1. The van der Waals surface area contributed by atoms with Crippen molar-refractivity contribution < 1.29 is 14.7 Å². The summed E-state index contributed by atoms with van der Waals surface area (Å²) in [4.78, 5) is 25.7. The quantitative estimate of drug-likeness (QED) is 0.453. The van der Waals surface area contributed by atoms with Crippen molar-refractivity contribution >= 4 is 11.7 Å². The van der Waals surface area contributed by atoms with E-state index in [9.17, 15) is 14.7 Å². The van der Waals surface area contributed by atoms with Crippen molar-refractivity contribution in [3.8, 4) is 0 Å². The van der Waals surface area contributed by atoms with Gasteiger partial charge in [-0.3, -0.25) is 9.59 Å². The predicted molar refractivity (Wildman–Crippen MR) is 93.3 cm³/mol. The smallest absolute Gasteiger partial charge is 0.261 e. The SMILES string of the molecule is CCCCCCCCC(C)CCC(=O)C1=C(O)C(C)N(C)C1=O. The highest BCUT2D eigenvalue weighted by Gasteiger charge is 2.37. The van der Waals surface area contributed by atoms with Gasteiger partial charge >= 0.3 is 0 Å². The van der Waals surface area contributed by atoms with Crippen LogP contribution < -0.4 is 0 Å². The van der Waals surface area contributed by atoms with Gasteiger partial charge in [0.2, 0.25) is 0 Å². The van der Waals surface area contributed by atoms with Gasteiger partial charge in [0.25, 0.3) is 5.91 Å². The Morgan fingerprint density at radius 1 is 1.17 bits per heavy atom. The van der Waals surface area contributed by atoms with Crippen LogP contribution in [0.3, 0.4) is 0 Å². The van der Waals surface area contributed by atoms with Crippen LogP contribution in [-0.4, -0.2) is 34.8 Å². The Morgan fingerprint density at radius 3 is 2.35 bits per heavy atom. The van der Waals surface area contributed by atoms with Crippen molar-refractivity contribution in [2.45, 2.75) is 84.6 Å². The van der Waals surface area contributed by atoms with Crippen LogP contribution in [-0.2, 0) is 9.59 Å². The average molecular weight is 323 g/mol. The van der Waals surface area contributed by atoms with Crippen LogP contribution in [0.5, 0.6) is 0 Å². The molecule has 0 aliphatic carbocycles. The lowest BCUT2D eigenvalue weighted by atomic mass is 9.94. The van der Waals surface area contributed by atoms with E-state index >= 15 is 0 Å². The van der Waals surface area contributed by atoms with E-state index in [0.29, 0.717) is 12.3 Å². The normalized spacial score (nSPS) is 19.6. The molecule has 0 saturated heterocycles. The van der Waals surface area contributed by atoms with E-state index < -0.39 is 0 Å². The molecule has 1 rings (SSSR count). The highest BCUT2D eigenvalue weighted by Crippen LogP contribution is 2.25. The molecule has 0 aromatic carbocycles. The monoisotopic (exact) mass is 323 g/mol. The van der Waals surface area contributed by atoms with Crippen LogP contribution >= 0.6 is 0 Å². The molecule has 1 amide bonds. The van der Waals surface area contributed by atoms with Gasteiger partial charge in [-0.05, 0) is 19.3 Å². The lowest BCUT2D eigenvalue weighted by Gasteiger charge is -2.15. The topological polar surface area (TPSA) is 57.6 Å². The van der Waals surface area contributed by atoms with Crippen LogP contribution in [0.15, 0.2) is 11.3 Å². The van der Waals surface area contributed by atoms with Gasteiger partial charge < -0.3 is 10.0 Å². The fraction of sp³-hybridized carbons (Fsp3) is 0.789. The van der Waals surface area contributed by atoms with Crippen LogP contribution in [0.2, 0.25) is 0 Å². The fourth-order valence-electron chi connectivity index (χ4n) is 3.04. The van der Waals surface area contributed by atoms with Gasteiger partial charge in [0.05, 0.1) is 6.04 Å². The zero-order valence-electron chi connectivity index (χ0n) is 15.2. The lowest BCUT2D eigenvalue weighted by Crippen LogP contribution is -2.30. The summed E-state index contributed by atoms with van der Waals surface area (Å²) in [6.45, 7) is 6.12. The number of rotatable bonds is 11. The number of aliphatic hydroxyl groups excluding tert-OH is 1. The molecule has 0 aromatic heterocycles. The van der Waals surface area contributed by atoms with E-state index in [1.165, 1.54) is 43.4 Å². The third kappa shape index (κ3) is 5.67. The zero-order chi connectivity index (χ0) is 17.4. The number of carbonyl (C=O) groups excluding carboxylic acids is 2. The number of ketones is 1. The molecule has 0 aromatic rings. The van der Waals surface area contributed by atoms with Crippen molar-refractivity contribution in [2.75, 3.05) is 7.05 Å². The van der Waals surface area contributed by atoms with Gasteiger partial charge in [-0.2, -0.15) is 0 Å². The second kappa shape index (κ2) is 9.74. The van der Waals surface area contributed by atoms with Gasteiger partial charge in [0.1, 0.15) is 11.3 Å². The van der Waals surface area contributed by atoms with E-state index in [0.717, 1.165) is 12.8 Å². The number of aliphatic hydroxyl groups is 1. The van der Waals surface area contributed by atoms with Crippen molar-refractivity contribution in [2.24, 2.45) is 5.92 Å². The highest BCUT2D eigenvalue weighted by atomic mass is 16.3. The van der Waals surface area contributed by atoms with Gasteiger partial charge in [-0.25, -0.2) is 0 Å². The molecule has 1 N–H and O–H groups in total. The van der Waals surface area contributed by atoms with E-state index in [2.05, 4.69) is 13.8 Å². The summed E-state index contributed by atoms with van der Waals surface area (Å²) in [5.74, 6) is -0.132. The summed E-state index contributed by atoms with van der Waals surface area (Å²) in [6.07, 6.45) is 9.98. The number of unbranched alkanes of at least 4 members (excludes halogenated alkanes) is 5. The zero-order valence-corrected chi connectivity index (χ0v) is 15.2. The summed E-state index contributed by atoms with van der Waals surface area (Å²) < 4.78 is 0. The van der Waals surface area contributed by atoms with Gasteiger partial charge in [-0.1, -0.05) is 58.8 Å². The Morgan fingerprint density at radius 2 is 1.78 bits per heavy atom. The van der Waals surface area contributed by atoms with Crippen LogP contribution in [0, 0.1) is 5.92 Å². The number of nitrogens with zero attached hydrogens (tertiary/aromatic N) is 1. The van der Waals surface area contributed by atoms with Crippen molar-refractivity contribution in [1.82, 2.24) is 4.90 Å². The van der Waals surface area contributed by atoms with Crippen molar-refractivity contribution in [3.05, 3.63) is 11.3 Å². The molecule has 0 bridgehead atoms. The van der Waals surface area contributed by atoms with Crippen LogP contribution in [0.1, 0.15) is 78.6 Å². The molecular formula is C19H33NO3. The number of likely N-dealkylation sites (N-methyl/N-ethyl adjacent to an activating group) is 1. The van der Waals surface area contributed by atoms with Gasteiger partial charge in [-0.15, -0.1) is 0 Å². The van der Waals surface area contributed by atoms with Crippen LogP contribution in [0.4, 0.5) is 0 Å². The first-order valence-electron chi connectivity index (χ1n) is 9.13. The number of carbonyl (C=O) groups is 2. The maximum atomic E-state index is 12.2. The molecule has 4 heteroatoms. The Kier molecular flexibility index (Phi) is 8.35. The molecule has 132 valence electrons. The average Bonchev–Trinajstić information content (AvgIpc) is 2.72. The minimum absolute atomic E-state index is 0.00626. The third-order valence-electron chi connectivity index (χ3n) is 4.96. The largest absolute Gasteiger partial charge is 0.509 e. The molecule has 0 radical (unpaired) electrons. The Balaban J connectivity index is 2.29. The number of Topliss-reactive ketones (excluding diaryl/α,β-unsaturated/α-hetero) is 1. The molecule has 0 saturated carbocycles. The third-order valence-corrected chi connectivity index (χ3v) is 4.96. The molecule has 2 atom stereocenters. The first-order valence-corrected chi connectivity index (χ1v) is 9.13.